The maximum atomic E-state index is 11.7. The maximum absolute atomic E-state index is 11.7. The van der Waals surface area contributed by atoms with Crippen molar-refractivity contribution in [3.05, 3.63) is 29.3 Å². The Kier molecular flexibility index (Phi) is 9.29. The van der Waals surface area contributed by atoms with E-state index in [0.29, 0.717) is 32.3 Å². The van der Waals surface area contributed by atoms with Gasteiger partial charge in [-0.1, -0.05) is 12.1 Å². The normalized spacial score (nSPS) is 11.1. The first-order chi connectivity index (χ1) is 11.6. The second kappa shape index (κ2) is 11.3. The summed E-state index contributed by atoms with van der Waals surface area (Å²) in [6, 6.07) is 6.08. The van der Waals surface area contributed by atoms with E-state index in [0.717, 1.165) is 16.9 Å². The van der Waals surface area contributed by atoms with E-state index in [1.807, 2.05) is 32.0 Å². The van der Waals surface area contributed by atoms with Crippen molar-refractivity contribution >= 4 is 11.9 Å². The molecule has 0 fully saturated rings. The van der Waals surface area contributed by atoms with Gasteiger partial charge in [0.25, 0.3) is 0 Å². The number of nitrogens with zero attached hydrogens (tertiary/aromatic N) is 1. The van der Waals surface area contributed by atoms with Crippen molar-refractivity contribution < 1.29 is 14.3 Å². The van der Waals surface area contributed by atoms with Crippen LogP contribution in [0, 0.1) is 6.92 Å². The van der Waals surface area contributed by atoms with E-state index >= 15 is 0 Å². The van der Waals surface area contributed by atoms with Gasteiger partial charge in [0.05, 0.1) is 19.8 Å². The van der Waals surface area contributed by atoms with Crippen molar-refractivity contribution in [3.8, 4) is 5.75 Å². The lowest BCUT2D eigenvalue weighted by atomic mass is 10.1. The lowest BCUT2D eigenvalue weighted by Crippen LogP contribution is -2.43. The fourth-order valence-electron chi connectivity index (χ4n) is 2.02. The molecular weight excluding hydrogens is 308 g/mol. The molecule has 0 aliphatic rings. The molecule has 0 atom stereocenters. The van der Waals surface area contributed by atoms with Gasteiger partial charge in [0.15, 0.2) is 5.96 Å². The summed E-state index contributed by atoms with van der Waals surface area (Å²) in [6.45, 7) is 6.29. The Morgan fingerprint density at radius 1 is 1.25 bits per heavy atom. The zero-order valence-electron chi connectivity index (χ0n) is 14.9. The summed E-state index contributed by atoms with van der Waals surface area (Å²) in [4.78, 5) is 15.8. The number of ether oxygens (including phenoxy) is 2. The number of nitrogens with one attached hydrogen (secondary N) is 3. The Morgan fingerprint density at radius 2 is 2.04 bits per heavy atom. The van der Waals surface area contributed by atoms with Gasteiger partial charge in [-0.25, -0.2) is 0 Å². The Labute approximate surface area is 143 Å². The fourth-order valence-corrected chi connectivity index (χ4v) is 2.02. The van der Waals surface area contributed by atoms with Crippen LogP contribution in [0.15, 0.2) is 23.2 Å². The summed E-state index contributed by atoms with van der Waals surface area (Å²) < 4.78 is 10.5. The Hall–Kier alpha value is -2.28. The summed E-state index contributed by atoms with van der Waals surface area (Å²) in [5.41, 5.74) is 2.19. The average molecular weight is 336 g/mol. The van der Waals surface area contributed by atoms with Gasteiger partial charge in [0.1, 0.15) is 5.75 Å². The van der Waals surface area contributed by atoms with Crippen LogP contribution < -0.4 is 20.7 Å². The Balaban J connectivity index is 2.48. The van der Waals surface area contributed by atoms with Crippen LogP contribution in [0.5, 0.6) is 5.75 Å². The highest BCUT2D eigenvalue weighted by atomic mass is 16.5. The highest BCUT2D eigenvalue weighted by Crippen LogP contribution is 2.20. The van der Waals surface area contributed by atoms with Gasteiger partial charge >= 0.3 is 0 Å². The molecule has 134 valence electrons. The number of aryl methyl sites for hydroxylation is 1. The van der Waals surface area contributed by atoms with E-state index < -0.39 is 0 Å². The minimum atomic E-state index is -0.111. The molecular formula is C17H28N4O3. The Bertz CT molecular complexity index is 547. The second-order valence-corrected chi connectivity index (χ2v) is 5.17. The molecule has 0 radical (unpaired) electrons. The third-order valence-electron chi connectivity index (χ3n) is 3.24. The molecule has 0 aliphatic carbocycles. The van der Waals surface area contributed by atoms with Crippen molar-refractivity contribution in [3.63, 3.8) is 0 Å². The first-order valence-electron chi connectivity index (χ1n) is 8.03. The van der Waals surface area contributed by atoms with E-state index in [1.165, 1.54) is 0 Å². The van der Waals surface area contributed by atoms with Crippen LogP contribution in [-0.2, 0) is 16.1 Å². The summed E-state index contributed by atoms with van der Waals surface area (Å²) in [5.74, 6) is 1.30. The quantitative estimate of drug-likeness (QED) is 0.353. The van der Waals surface area contributed by atoms with Crippen LogP contribution in [-0.4, -0.2) is 52.3 Å². The van der Waals surface area contributed by atoms with Crippen LogP contribution in [0.4, 0.5) is 0 Å². The van der Waals surface area contributed by atoms with Crippen molar-refractivity contribution in [2.45, 2.75) is 20.4 Å². The van der Waals surface area contributed by atoms with E-state index in [-0.39, 0.29) is 12.5 Å². The molecule has 0 saturated carbocycles. The van der Waals surface area contributed by atoms with E-state index in [9.17, 15) is 4.79 Å². The maximum Gasteiger partial charge on any atom is 0.239 e. The number of methoxy groups -OCH3 is 1. The molecule has 0 unspecified atom stereocenters. The number of benzene rings is 1. The molecule has 0 spiro atoms. The van der Waals surface area contributed by atoms with E-state index in [1.54, 1.807) is 14.2 Å². The number of carbonyl (C=O) groups excluding carboxylic acids is 1. The third kappa shape index (κ3) is 7.32. The lowest BCUT2D eigenvalue weighted by Gasteiger charge is -2.15. The molecule has 24 heavy (non-hydrogen) atoms. The molecule has 1 rings (SSSR count). The highest BCUT2D eigenvalue weighted by Gasteiger charge is 2.06. The average Bonchev–Trinajstić information content (AvgIpc) is 2.57. The number of guanidine groups is 1. The molecule has 0 heterocycles. The summed E-state index contributed by atoms with van der Waals surface area (Å²) in [6.07, 6.45) is 0. The van der Waals surface area contributed by atoms with Crippen LogP contribution in [0.3, 0.4) is 0 Å². The summed E-state index contributed by atoms with van der Waals surface area (Å²) in [5, 5.41) is 8.89. The van der Waals surface area contributed by atoms with Gasteiger partial charge in [0.2, 0.25) is 5.91 Å². The number of rotatable bonds is 9. The van der Waals surface area contributed by atoms with Crippen molar-refractivity contribution in [1.82, 2.24) is 16.0 Å². The molecule has 0 aromatic heterocycles. The third-order valence-corrected chi connectivity index (χ3v) is 3.24. The van der Waals surface area contributed by atoms with E-state index in [2.05, 4.69) is 20.9 Å². The zero-order valence-corrected chi connectivity index (χ0v) is 14.9. The van der Waals surface area contributed by atoms with Crippen molar-refractivity contribution in [2.75, 3.05) is 40.5 Å². The smallest absolute Gasteiger partial charge is 0.239 e. The molecule has 1 aromatic carbocycles. The van der Waals surface area contributed by atoms with Gasteiger partial charge in [-0.3, -0.25) is 9.79 Å². The predicted molar refractivity (Wildman–Crippen MR) is 95.4 cm³/mol. The van der Waals surface area contributed by atoms with Crippen LogP contribution in [0.1, 0.15) is 18.1 Å². The highest BCUT2D eigenvalue weighted by molar-refractivity contribution is 5.86. The van der Waals surface area contributed by atoms with Crippen molar-refractivity contribution in [2.24, 2.45) is 4.99 Å². The molecule has 1 amide bonds. The number of aliphatic imine (C=N–C) groups is 1. The zero-order chi connectivity index (χ0) is 17.8. The SMILES string of the molecule is CCOc1cc(C)ccc1CNC(=NC)NCC(=O)NCCOC. The summed E-state index contributed by atoms with van der Waals surface area (Å²) >= 11 is 0. The Morgan fingerprint density at radius 3 is 2.71 bits per heavy atom. The standard InChI is InChI=1S/C17H28N4O3/c1-5-24-15-10-13(2)6-7-14(15)11-20-17(18-3)21-12-16(22)19-8-9-23-4/h6-7,10H,5,8-9,11-12H2,1-4H3,(H,19,22)(H2,18,20,21). The minimum Gasteiger partial charge on any atom is -0.494 e. The molecule has 3 N–H and O–H groups in total. The number of amides is 1. The lowest BCUT2D eigenvalue weighted by molar-refractivity contribution is -0.120. The first-order valence-corrected chi connectivity index (χ1v) is 8.03. The molecule has 0 aliphatic heterocycles. The first kappa shape index (κ1) is 19.8. The van der Waals surface area contributed by atoms with Crippen LogP contribution in [0.2, 0.25) is 0 Å². The monoisotopic (exact) mass is 336 g/mol. The van der Waals surface area contributed by atoms with Gasteiger partial charge in [0, 0.05) is 32.8 Å². The van der Waals surface area contributed by atoms with Crippen LogP contribution in [0.25, 0.3) is 0 Å². The van der Waals surface area contributed by atoms with Crippen molar-refractivity contribution in [1.29, 1.82) is 0 Å². The number of carbonyl (C=O) groups is 1. The topological polar surface area (TPSA) is 84.0 Å². The fraction of sp³-hybridized carbons (Fsp3) is 0.529. The summed E-state index contributed by atoms with van der Waals surface area (Å²) in [7, 11) is 3.26. The van der Waals surface area contributed by atoms with E-state index in [4.69, 9.17) is 9.47 Å². The minimum absolute atomic E-state index is 0.111. The molecule has 1 aromatic rings. The van der Waals surface area contributed by atoms with Gasteiger partial charge in [-0.05, 0) is 25.5 Å². The molecule has 7 heteroatoms. The van der Waals surface area contributed by atoms with Gasteiger partial charge in [-0.15, -0.1) is 0 Å². The van der Waals surface area contributed by atoms with Gasteiger partial charge in [-0.2, -0.15) is 0 Å². The molecule has 0 bridgehead atoms. The van der Waals surface area contributed by atoms with Crippen LogP contribution >= 0.6 is 0 Å². The predicted octanol–water partition coefficient (Wildman–Crippen LogP) is 0.821. The molecule has 7 nitrogen and oxygen atoms in total. The largest absolute Gasteiger partial charge is 0.494 e. The van der Waals surface area contributed by atoms with Gasteiger partial charge < -0.3 is 25.4 Å². The second-order valence-electron chi connectivity index (χ2n) is 5.17. The number of hydrogen-bond acceptors (Lipinski definition) is 4. The molecule has 0 saturated heterocycles. The number of hydrogen-bond donors (Lipinski definition) is 3.